The second-order valence-corrected chi connectivity index (χ2v) is 6.43. The van der Waals surface area contributed by atoms with Gasteiger partial charge in [-0.15, -0.1) is 0 Å². The molecule has 3 rings (SSSR count). The molecule has 1 fully saturated rings. The first kappa shape index (κ1) is 13.9. The molecule has 1 amide bonds. The van der Waals surface area contributed by atoms with Crippen LogP contribution in [-0.4, -0.2) is 24.5 Å². The zero-order valence-electron chi connectivity index (χ0n) is 12.7. The number of nitrogens with one attached hydrogen (secondary N) is 2. The molecular weight excluding hydrogens is 262 g/mol. The van der Waals surface area contributed by atoms with Crippen molar-refractivity contribution in [2.24, 2.45) is 11.3 Å². The summed E-state index contributed by atoms with van der Waals surface area (Å²) in [5.41, 5.74) is 0.844. The van der Waals surface area contributed by atoms with E-state index in [2.05, 4.69) is 29.5 Å². The third-order valence-corrected chi connectivity index (χ3v) is 4.44. The normalized spacial score (nSPS) is 19.3. The van der Waals surface area contributed by atoms with Crippen molar-refractivity contribution >= 4 is 22.5 Å². The zero-order valence-corrected chi connectivity index (χ0v) is 12.7. The summed E-state index contributed by atoms with van der Waals surface area (Å²) < 4.78 is 0. The first-order valence-corrected chi connectivity index (χ1v) is 7.37. The van der Waals surface area contributed by atoms with Crippen LogP contribution in [0.5, 0.6) is 0 Å². The van der Waals surface area contributed by atoms with Gasteiger partial charge in [-0.05, 0) is 29.2 Å². The van der Waals surface area contributed by atoms with Crippen LogP contribution in [0.15, 0.2) is 30.3 Å². The Balaban J connectivity index is 1.81. The molecular formula is C17H21N3O. The molecule has 1 heterocycles. The molecule has 2 N–H and O–H groups in total. The Morgan fingerprint density at radius 1 is 1.38 bits per heavy atom. The van der Waals surface area contributed by atoms with Crippen LogP contribution in [0.25, 0.3) is 10.8 Å². The predicted molar refractivity (Wildman–Crippen MR) is 85.5 cm³/mol. The lowest BCUT2D eigenvalue weighted by atomic mass is 10.1. The Morgan fingerprint density at radius 3 is 2.76 bits per heavy atom. The molecule has 0 bridgehead atoms. The van der Waals surface area contributed by atoms with Gasteiger partial charge in [-0.2, -0.15) is 0 Å². The standard InChI is InChI=1S/C17H21N3O/c1-17(2)9-12(17)10-19-16(21)14-8-11-6-4-5-7-13(11)15(18-3)20-14/h4-8,12H,9-10H2,1-3H3,(H,18,20)(H,19,21). The highest BCUT2D eigenvalue weighted by Gasteiger charge is 2.45. The SMILES string of the molecule is CNc1nc(C(=O)NCC2CC2(C)C)cc2ccccc12. The van der Waals surface area contributed by atoms with Gasteiger partial charge in [0, 0.05) is 19.0 Å². The number of carbonyl (C=O) groups is 1. The number of fused-ring (bicyclic) bond motifs is 1. The largest absolute Gasteiger partial charge is 0.373 e. The van der Waals surface area contributed by atoms with Gasteiger partial charge >= 0.3 is 0 Å². The number of carbonyl (C=O) groups excluding carboxylic acids is 1. The summed E-state index contributed by atoms with van der Waals surface area (Å²) in [5, 5.41) is 8.12. The Hall–Kier alpha value is -2.10. The number of hydrogen-bond acceptors (Lipinski definition) is 3. The highest BCUT2D eigenvalue weighted by atomic mass is 16.1. The van der Waals surface area contributed by atoms with E-state index >= 15 is 0 Å². The summed E-state index contributed by atoms with van der Waals surface area (Å²) in [6, 6.07) is 9.79. The van der Waals surface area contributed by atoms with Crippen molar-refractivity contribution in [3.63, 3.8) is 0 Å². The van der Waals surface area contributed by atoms with Crippen molar-refractivity contribution < 1.29 is 4.79 Å². The zero-order chi connectivity index (χ0) is 15.0. The maximum Gasteiger partial charge on any atom is 0.270 e. The molecule has 1 saturated carbocycles. The lowest BCUT2D eigenvalue weighted by Crippen LogP contribution is -2.27. The van der Waals surface area contributed by atoms with E-state index in [0.29, 0.717) is 17.0 Å². The van der Waals surface area contributed by atoms with Gasteiger partial charge < -0.3 is 10.6 Å². The molecule has 1 atom stereocenters. The van der Waals surface area contributed by atoms with Crippen LogP contribution in [0.2, 0.25) is 0 Å². The van der Waals surface area contributed by atoms with Crippen molar-refractivity contribution in [2.75, 3.05) is 18.9 Å². The molecule has 2 aromatic rings. The van der Waals surface area contributed by atoms with Crippen molar-refractivity contribution in [1.29, 1.82) is 0 Å². The number of amides is 1. The molecule has 110 valence electrons. The molecule has 1 aromatic carbocycles. The van der Waals surface area contributed by atoms with E-state index < -0.39 is 0 Å². The quantitative estimate of drug-likeness (QED) is 0.906. The number of anilines is 1. The Labute approximate surface area is 125 Å². The van der Waals surface area contributed by atoms with Crippen LogP contribution in [0.4, 0.5) is 5.82 Å². The molecule has 21 heavy (non-hydrogen) atoms. The maximum atomic E-state index is 12.3. The second kappa shape index (κ2) is 5.02. The molecule has 1 aromatic heterocycles. The fourth-order valence-electron chi connectivity index (χ4n) is 2.74. The Morgan fingerprint density at radius 2 is 2.10 bits per heavy atom. The van der Waals surface area contributed by atoms with Gasteiger partial charge in [0.1, 0.15) is 11.5 Å². The first-order chi connectivity index (χ1) is 10.0. The van der Waals surface area contributed by atoms with Crippen molar-refractivity contribution in [3.8, 4) is 0 Å². The molecule has 0 aliphatic heterocycles. The molecule has 1 unspecified atom stereocenters. The van der Waals surface area contributed by atoms with E-state index in [9.17, 15) is 4.79 Å². The Kier molecular flexibility index (Phi) is 3.32. The summed E-state index contributed by atoms with van der Waals surface area (Å²) in [6.45, 7) is 5.20. The molecule has 1 aliphatic rings. The third kappa shape index (κ3) is 2.71. The van der Waals surface area contributed by atoms with Gasteiger partial charge in [0.2, 0.25) is 0 Å². The van der Waals surface area contributed by atoms with Crippen LogP contribution in [0.3, 0.4) is 0 Å². The third-order valence-electron chi connectivity index (χ3n) is 4.44. The molecule has 0 spiro atoms. The first-order valence-electron chi connectivity index (χ1n) is 7.37. The number of aromatic nitrogens is 1. The van der Waals surface area contributed by atoms with Gasteiger partial charge in [0.05, 0.1) is 0 Å². The summed E-state index contributed by atoms with van der Waals surface area (Å²) >= 11 is 0. The second-order valence-electron chi connectivity index (χ2n) is 6.43. The maximum absolute atomic E-state index is 12.3. The van der Waals surface area contributed by atoms with E-state index in [0.717, 1.165) is 23.1 Å². The lowest BCUT2D eigenvalue weighted by Gasteiger charge is -2.10. The van der Waals surface area contributed by atoms with Gasteiger partial charge in [0.15, 0.2) is 0 Å². The molecule has 0 radical (unpaired) electrons. The van der Waals surface area contributed by atoms with Crippen LogP contribution in [0, 0.1) is 11.3 Å². The predicted octanol–water partition coefficient (Wildman–Crippen LogP) is 3.05. The minimum absolute atomic E-state index is 0.0973. The number of benzene rings is 1. The van der Waals surface area contributed by atoms with E-state index in [1.54, 1.807) is 0 Å². The van der Waals surface area contributed by atoms with Crippen LogP contribution in [-0.2, 0) is 0 Å². The van der Waals surface area contributed by atoms with E-state index in [4.69, 9.17) is 0 Å². The molecule has 4 nitrogen and oxygen atoms in total. The van der Waals surface area contributed by atoms with Gasteiger partial charge in [-0.1, -0.05) is 38.1 Å². The average molecular weight is 283 g/mol. The fraction of sp³-hybridized carbons (Fsp3) is 0.412. The average Bonchev–Trinajstić information content (AvgIpc) is 3.10. The van der Waals surface area contributed by atoms with E-state index in [-0.39, 0.29) is 5.91 Å². The molecule has 4 heteroatoms. The summed E-state index contributed by atoms with van der Waals surface area (Å²) in [4.78, 5) is 16.7. The van der Waals surface area contributed by atoms with Crippen molar-refractivity contribution in [3.05, 3.63) is 36.0 Å². The van der Waals surface area contributed by atoms with Crippen molar-refractivity contribution in [2.45, 2.75) is 20.3 Å². The van der Waals surface area contributed by atoms with E-state index in [1.807, 2.05) is 37.4 Å². The fourth-order valence-corrected chi connectivity index (χ4v) is 2.74. The highest BCUT2D eigenvalue weighted by Crippen LogP contribution is 2.50. The van der Waals surface area contributed by atoms with Crippen LogP contribution >= 0.6 is 0 Å². The number of rotatable bonds is 4. The minimum atomic E-state index is -0.0973. The monoisotopic (exact) mass is 283 g/mol. The Bertz CT molecular complexity index is 693. The molecule has 1 aliphatic carbocycles. The number of pyridine rings is 1. The lowest BCUT2D eigenvalue weighted by molar-refractivity contribution is 0.0946. The van der Waals surface area contributed by atoms with Gasteiger partial charge in [-0.3, -0.25) is 4.79 Å². The number of hydrogen-bond donors (Lipinski definition) is 2. The molecule has 0 saturated heterocycles. The number of nitrogens with zero attached hydrogens (tertiary/aromatic N) is 1. The minimum Gasteiger partial charge on any atom is -0.373 e. The summed E-state index contributed by atoms with van der Waals surface area (Å²) in [6.07, 6.45) is 1.18. The topological polar surface area (TPSA) is 54.0 Å². The van der Waals surface area contributed by atoms with Crippen LogP contribution < -0.4 is 10.6 Å². The van der Waals surface area contributed by atoms with Gasteiger partial charge in [0.25, 0.3) is 5.91 Å². The van der Waals surface area contributed by atoms with Crippen molar-refractivity contribution in [1.82, 2.24) is 10.3 Å². The smallest absolute Gasteiger partial charge is 0.270 e. The summed E-state index contributed by atoms with van der Waals surface area (Å²) in [7, 11) is 1.82. The highest BCUT2D eigenvalue weighted by molar-refractivity contribution is 6.00. The van der Waals surface area contributed by atoms with Crippen LogP contribution in [0.1, 0.15) is 30.8 Å². The summed E-state index contributed by atoms with van der Waals surface area (Å²) in [5.74, 6) is 1.23. The van der Waals surface area contributed by atoms with Gasteiger partial charge in [-0.25, -0.2) is 4.98 Å². The van der Waals surface area contributed by atoms with E-state index in [1.165, 1.54) is 6.42 Å².